The van der Waals surface area contributed by atoms with Gasteiger partial charge in [0.2, 0.25) is 0 Å². The Bertz CT molecular complexity index is 126. The minimum absolute atomic E-state index is 1.13. The van der Waals surface area contributed by atoms with Crippen LogP contribution in [-0.4, -0.2) is 0 Å². The van der Waals surface area contributed by atoms with Crippen molar-refractivity contribution in [2.45, 2.75) is 51.9 Å². The zero-order valence-electron chi connectivity index (χ0n) is 7.68. The van der Waals surface area contributed by atoms with Crippen LogP contribution < -0.4 is 0 Å². The second-order valence-electron chi connectivity index (χ2n) is 4.48. The lowest BCUT2D eigenvalue weighted by Gasteiger charge is -2.16. The van der Waals surface area contributed by atoms with Crippen LogP contribution in [-0.2, 0) is 0 Å². The molecule has 3 unspecified atom stereocenters. The maximum Gasteiger partial charge on any atom is -0.0357 e. The zero-order chi connectivity index (χ0) is 7.68. The Balaban J connectivity index is 1.92. The quantitative estimate of drug-likeness (QED) is 0.567. The summed E-state index contributed by atoms with van der Waals surface area (Å²) in [4.78, 5) is 0. The predicted octanol–water partition coefficient (Wildman–Crippen LogP) is 3.61. The Hall–Kier alpha value is 0. The van der Waals surface area contributed by atoms with Gasteiger partial charge in [0.1, 0.15) is 0 Å². The Morgan fingerprint density at radius 2 is 2.00 bits per heavy atom. The summed E-state index contributed by atoms with van der Waals surface area (Å²) in [6, 6.07) is 0. The Labute approximate surface area is 70.4 Å². The molecule has 64 valence electrons. The van der Waals surface area contributed by atoms with Crippen molar-refractivity contribution >= 4 is 0 Å². The fraction of sp³-hybridized carbons (Fsp3) is 1.00. The van der Waals surface area contributed by atoms with Crippen LogP contribution in [0.15, 0.2) is 0 Å². The summed E-state index contributed by atoms with van der Waals surface area (Å²) in [5, 5.41) is 0. The van der Waals surface area contributed by atoms with Crippen LogP contribution in [0.1, 0.15) is 51.9 Å². The van der Waals surface area contributed by atoms with Gasteiger partial charge in [0, 0.05) is 0 Å². The molecule has 0 aromatic carbocycles. The van der Waals surface area contributed by atoms with Crippen molar-refractivity contribution in [1.29, 1.82) is 0 Å². The van der Waals surface area contributed by atoms with Crippen LogP contribution in [0.2, 0.25) is 0 Å². The van der Waals surface area contributed by atoms with Gasteiger partial charge < -0.3 is 0 Å². The molecule has 2 rings (SSSR count). The molecule has 0 amide bonds. The predicted molar refractivity (Wildman–Crippen MR) is 48.5 cm³/mol. The van der Waals surface area contributed by atoms with Gasteiger partial charge in [-0.2, -0.15) is 0 Å². The minimum Gasteiger partial charge on any atom is -0.0654 e. The first-order valence-corrected chi connectivity index (χ1v) is 5.42. The molecule has 2 saturated carbocycles. The molecule has 0 nitrogen and oxygen atoms in total. The Kier molecular flexibility index (Phi) is 2.20. The number of rotatable bonds is 2. The molecule has 0 aliphatic heterocycles. The molecule has 3 atom stereocenters. The molecule has 0 aromatic heterocycles. The topological polar surface area (TPSA) is 0 Å². The van der Waals surface area contributed by atoms with Gasteiger partial charge in [-0.15, -0.1) is 0 Å². The summed E-state index contributed by atoms with van der Waals surface area (Å²) in [5.74, 6) is 3.45. The van der Waals surface area contributed by atoms with E-state index in [0.29, 0.717) is 0 Å². The summed E-state index contributed by atoms with van der Waals surface area (Å²) in [7, 11) is 0. The van der Waals surface area contributed by atoms with Crippen LogP contribution >= 0.6 is 0 Å². The van der Waals surface area contributed by atoms with E-state index in [2.05, 4.69) is 6.92 Å². The van der Waals surface area contributed by atoms with E-state index >= 15 is 0 Å². The SMILES string of the molecule is CCCC1CCC2CCCC12. The highest BCUT2D eigenvalue weighted by molar-refractivity contribution is 4.88. The number of hydrogen-bond donors (Lipinski definition) is 0. The molecule has 0 heteroatoms. The summed E-state index contributed by atoms with van der Waals surface area (Å²) < 4.78 is 0. The van der Waals surface area contributed by atoms with Gasteiger partial charge >= 0.3 is 0 Å². The van der Waals surface area contributed by atoms with E-state index in [1.165, 1.54) is 19.3 Å². The Morgan fingerprint density at radius 1 is 1.09 bits per heavy atom. The molecule has 2 aliphatic carbocycles. The van der Waals surface area contributed by atoms with Gasteiger partial charge in [0.15, 0.2) is 0 Å². The molecule has 11 heavy (non-hydrogen) atoms. The van der Waals surface area contributed by atoms with Crippen molar-refractivity contribution in [2.75, 3.05) is 0 Å². The third-order valence-corrected chi connectivity index (χ3v) is 3.89. The van der Waals surface area contributed by atoms with Crippen molar-refractivity contribution in [3.8, 4) is 0 Å². The van der Waals surface area contributed by atoms with Gasteiger partial charge in [-0.05, 0) is 37.0 Å². The third-order valence-electron chi connectivity index (χ3n) is 3.89. The lowest BCUT2D eigenvalue weighted by molar-refractivity contribution is 0.332. The van der Waals surface area contributed by atoms with E-state index in [9.17, 15) is 0 Å². The molecule has 2 fully saturated rings. The molecule has 0 N–H and O–H groups in total. The van der Waals surface area contributed by atoms with E-state index in [0.717, 1.165) is 17.8 Å². The zero-order valence-corrected chi connectivity index (χ0v) is 7.68. The molecular formula is C11H20. The average Bonchev–Trinajstić information content (AvgIpc) is 2.53. The minimum atomic E-state index is 1.13. The highest BCUT2D eigenvalue weighted by Crippen LogP contribution is 2.48. The van der Waals surface area contributed by atoms with Crippen molar-refractivity contribution in [3.05, 3.63) is 0 Å². The van der Waals surface area contributed by atoms with E-state index < -0.39 is 0 Å². The van der Waals surface area contributed by atoms with Crippen LogP contribution in [0.3, 0.4) is 0 Å². The Morgan fingerprint density at radius 3 is 2.82 bits per heavy atom. The largest absolute Gasteiger partial charge is 0.0654 e. The van der Waals surface area contributed by atoms with Gasteiger partial charge in [0.25, 0.3) is 0 Å². The monoisotopic (exact) mass is 152 g/mol. The van der Waals surface area contributed by atoms with Gasteiger partial charge in [-0.25, -0.2) is 0 Å². The van der Waals surface area contributed by atoms with Crippen molar-refractivity contribution in [2.24, 2.45) is 17.8 Å². The molecule has 0 spiro atoms. The summed E-state index contributed by atoms with van der Waals surface area (Å²) in [6.45, 7) is 2.34. The van der Waals surface area contributed by atoms with Gasteiger partial charge in [-0.3, -0.25) is 0 Å². The standard InChI is InChI=1S/C11H20/c1-2-4-9-7-8-10-5-3-6-11(9)10/h9-11H,2-8H2,1H3. The maximum atomic E-state index is 2.34. The summed E-state index contributed by atoms with van der Waals surface area (Å²) in [6.07, 6.45) is 10.7. The van der Waals surface area contributed by atoms with Crippen LogP contribution in [0, 0.1) is 17.8 Å². The van der Waals surface area contributed by atoms with Crippen LogP contribution in [0.5, 0.6) is 0 Å². The first kappa shape index (κ1) is 7.64. The van der Waals surface area contributed by atoms with E-state index in [1.54, 1.807) is 25.7 Å². The van der Waals surface area contributed by atoms with Crippen molar-refractivity contribution in [3.63, 3.8) is 0 Å². The van der Waals surface area contributed by atoms with Crippen LogP contribution in [0.25, 0.3) is 0 Å². The summed E-state index contributed by atoms with van der Waals surface area (Å²) in [5.41, 5.74) is 0. The van der Waals surface area contributed by atoms with E-state index in [-0.39, 0.29) is 0 Å². The highest BCUT2D eigenvalue weighted by Gasteiger charge is 2.37. The number of hydrogen-bond acceptors (Lipinski definition) is 0. The fourth-order valence-electron chi connectivity index (χ4n) is 3.42. The van der Waals surface area contributed by atoms with E-state index in [1.807, 2.05) is 0 Å². The molecule has 0 bridgehead atoms. The van der Waals surface area contributed by atoms with Gasteiger partial charge in [0.05, 0.1) is 0 Å². The fourth-order valence-corrected chi connectivity index (χ4v) is 3.42. The smallest absolute Gasteiger partial charge is 0.0357 e. The maximum absolute atomic E-state index is 2.34. The molecule has 0 saturated heterocycles. The lowest BCUT2D eigenvalue weighted by Crippen LogP contribution is -2.08. The second kappa shape index (κ2) is 3.16. The molecule has 0 heterocycles. The molecule has 0 aromatic rings. The first-order valence-electron chi connectivity index (χ1n) is 5.42. The molecule has 2 aliphatic rings. The average molecular weight is 152 g/mol. The second-order valence-corrected chi connectivity index (χ2v) is 4.48. The van der Waals surface area contributed by atoms with Gasteiger partial charge in [-0.1, -0.05) is 32.6 Å². The first-order chi connectivity index (χ1) is 5.42. The number of fused-ring (bicyclic) bond motifs is 1. The van der Waals surface area contributed by atoms with Crippen molar-refractivity contribution < 1.29 is 0 Å². The molecular weight excluding hydrogens is 132 g/mol. The third kappa shape index (κ3) is 1.32. The lowest BCUT2D eigenvalue weighted by atomic mass is 9.89. The normalized spacial score (nSPS) is 42.8. The van der Waals surface area contributed by atoms with Crippen LogP contribution in [0.4, 0.5) is 0 Å². The summed E-state index contributed by atoms with van der Waals surface area (Å²) >= 11 is 0. The van der Waals surface area contributed by atoms with Crippen molar-refractivity contribution in [1.82, 2.24) is 0 Å². The molecule has 0 radical (unpaired) electrons. The van der Waals surface area contributed by atoms with E-state index in [4.69, 9.17) is 0 Å². The highest BCUT2D eigenvalue weighted by atomic mass is 14.4.